The van der Waals surface area contributed by atoms with Crippen molar-refractivity contribution in [2.75, 3.05) is 19.5 Å². The van der Waals surface area contributed by atoms with Crippen molar-refractivity contribution in [1.82, 2.24) is 19.5 Å². The highest BCUT2D eigenvalue weighted by atomic mass is 35.5. The summed E-state index contributed by atoms with van der Waals surface area (Å²) in [7, 11) is 1.66. The maximum Gasteiger partial charge on any atom is 0.277 e. The van der Waals surface area contributed by atoms with Gasteiger partial charge in [-0.2, -0.15) is 4.98 Å². The van der Waals surface area contributed by atoms with Crippen LogP contribution >= 0.6 is 23.4 Å². The third-order valence-electron chi connectivity index (χ3n) is 5.52. The van der Waals surface area contributed by atoms with E-state index in [1.807, 2.05) is 10.8 Å². The summed E-state index contributed by atoms with van der Waals surface area (Å²) in [5.41, 5.74) is 2.00. The maximum atomic E-state index is 12.6. The Labute approximate surface area is 215 Å². The van der Waals surface area contributed by atoms with Crippen LogP contribution in [0.1, 0.15) is 60.0 Å². The summed E-state index contributed by atoms with van der Waals surface area (Å²) in [6.07, 6.45) is 12.9. The molecule has 0 fully saturated rings. The van der Waals surface area contributed by atoms with Crippen molar-refractivity contribution in [3.8, 4) is 0 Å². The molecular formula is C26H31ClN4O3S. The minimum Gasteiger partial charge on any atom is -0.383 e. The molecule has 3 rings (SSSR count). The highest BCUT2D eigenvalue weighted by molar-refractivity contribution is 7.99. The summed E-state index contributed by atoms with van der Waals surface area (Å²) < 4.78 is 7.23. The fourth-order valence-electron chi connectivity index (χ4n) is 3.61. The zero-order valence-corrected chi connectivity index (χ0v) is 21.6. The lowest BCUT2D eigenvalue weighted by molar-refractivity contribution is 0.0979. The zero-order chi connectivity index (χ0) is 24.9. The van der Waals surface area contributed by atoms with Crippen molar-refractivity contribution < 1.29 is 9.53 Å². The molecule has 2 heterocycles. The molecule has 0 saturated carbocycles. The monoisotopic (exact) mass is 514 g/mol. The van der Waals surface area contributed by atoms with Crippen LogP contribution in [0.15, 0.2) is 59.1 Å². The lowest BCUT2D eigenvalue weighted by atomic mass is 10.0. The Balaban J connectivity index is 1.42. The second-order valence-electron chi connectivity index (χ2n) is 8.26. The van der Waals surface area contributed by atoms with Gasteiger partial charge in [0.2, 0.25) is 0 Å². The van der Waals surface area contributed by atoms with Crippen LogP contribution < -0.4 is 5.56 Å². The van der Waals surface area contributed by atoms with Gasteiger partial charge >= 0.3 is 0 Å². The zero-order valence-electron chi connectivity index (χ0n) is 20.0. The van der Waals surface area contributed by atoms with Gasteiger partial charge in [-0.25, -0.2) is 9.97 Å². The third-order valence-corrected chi connectivity index (χ3v) is 6.85. The fourth-order valence-corrected chi connectivity index (χ4v) is 4.72. The molecule has 0 saturated heterocycles. The number of thioether (sulfide) groups is 1. The SMILES string of the molecule is COCCn1cc(Cc2cncnc2)c(=O)nc1SCCCCCCCC(=O)c1ccc(Cl)cc1. The summed E-state index contributed by atoms with van der Waals surface area (Å²) >= 11 is 7.48. The van der Waals surface area contributed by atoms with Crippen LogP contribution in [0.3, 0.4) is 0 Å². The van der Waals surface area contributed by atoms with E-state index in [2.05, 4.69) is 15.0 Å². The summed E-state index contributed by atoms with van der Waals surface area (Å²) in [6.45, 7) is 1.17. The minimum absolute atomic E-state index is 0.167. The van der Waals surface area contributed by atoms with Gasteiger partial charge in [-0.05, 0) is 42.7 Å². The van der Waals surface area contributed by atoms with Gasteiger partial charge in [-0.1, -0.05) is 42.6 Å². The average molecular weight is 515 g/mol. The number of Topliss-reactive ketones (excluding diaryl/α,β-unsaturated/α-hetero) is 1. The second kappa shape index (κ2) is 14.8. The third kappa shape index (κ3) is 9.20. The molecule has 3 aromatic rings. The lowest BCUT2D eigenvalue weighted by Gasteiger charge is -2.13. The van der Waals surface area contributed by atoms with Crippen LogP contribution in [0.2, 0.25) is 5.02 Å². The predicted molar refractivity (Wildman–Crippen MR) is 139 cm³/mol. The maximum absolute atomic E-state index is 12.6. The first-order valence-electron chi connectivity index (χ1n) is 11.8. The number of rotatable bonds is 15. The van der Waals surface area contributed by atoms with Crippen molar-refractivity contribution >= 4 is 29.1 Å². The Morgan fingerprint density at radius 3 is 2.51 bits per heavy atom. The number of carbonyl (C=O) groups is 1. The number of nitrogens with zero attached hydrogens (tertiary/aromatic N) is 4. The summed E-state index contributed by atoms with van der Waals surface area (Å²) in [4.78, 5) is 37.2. The number of carbonyl (C=O) groups excluding carboxylic acids is 1. The Morgan fingerprint density at radius 2 is 1.77 bits per heavy atom. The van der Waals surface area contributed by atoms with Crippen LogP contribution in [-0.4, -0.2) is 44.8 Å². The first-order chi connectivity index (χ1) is 17.1. The van der Waals surface area contributed by atoms with E-state index in [0.29, 0.717) is 41.7 Å². The Kier molecular flexibility index (Phi) is 11.4. The lowest BCUT2D eigenvalue weighted by Crippen LogP contribution is -2.21. The smallest absolute Gasteiger partial charge is 0.277 e. The van der Waals surface area contributed by atoms with Crippen molar-refractivity contribution in [2.45, 2.75) is 56.6 Å². The largest absolute Gasteiger partial charge is 0.383 e. The van der Waals surface area contributed by atoms with Crippen molar-refractivity contribution in [2.24, 2.45) is 0 Å². The number of unbranched alkanes of at least 4 members (excludes halogenated alkanes) is 4. The first kappa shape index (κ1) is 27.0. The van der Waals surface area contributed by atoms with E-state index in [0.717, 1.165) is 49.0 Å². The van der Waals surface area contributed by atoms with Crippen molar-refractivity contribution in [3.05, 3.63) is 81.3 Å². The molecule has 0 unspecified atom stereocenters. The van der Waals surface area contributed by atoms with E-state index in [9.17, 15) is 9.59 Å². The van der Waals surface area contributed by atoms with E-state index < -0.39 is 0 Å². The normalized spacial score (nSPS) is 11.0. The van der Waals surface area contributed by atoms with E-state index in [1.54, 1.807) is 55.5 Å². The Bertz CT molecular complexity index is 1120. The average Bonchev–Trinajstić information content (AvgIpc) is 2.87. The summed E-state index contributed by atoms with van der Waals surface area (Å²) in [5.74, 6) is 1.05. The molecule has 0 atom stereocenters. The molecule has 0 bridgehead atoms. The van der Waals surface area contributed by atoms with Gasteiger partial charge in [0.05, 0.1) is 6.61 Å². The topological polar surface area (TPSA) is 87.0 Å². The molecule has 0 aliphatic rings. The van der Waals surface area contributed by atoms with Crippen LogP contribution in [-0.2, 0) is 17.7 Å². The van der Waals surface area contributed by atoms with Crippen molar-refractivity contribution in [3.63, 3.8) is 0 Å². The molecule has 9 heteroatoms. The molecule has 1 aromatic carbocycles. The van der Waals surface area contributed by atoms with Gasteiger partial charge in [-0.15, -0.1) is 0 Å². The van der Waals surface area contributed by atoms with Gasteiger partial charge < -0.3 is 9.30 Å². The molecule has 7 nitrogen and oxygen atoms in total. The summed E-state index contributed by atoms with van der Waals surface area (Å²) in [5, 5.41) is 1.36. The molecule has 0 aliphatic heterocycles. The number of ketones is 1. The highest BCUT2D eigenvalue weighted by Gasteiger charge is 2.11. The van der Waals surface area contributed by atoms with E-state index in [1.165, 1.54) is 6.33 Å². The highest BCUT2D eigenvalue weighted by Crippen LogP contribution is 2.19. The van der Waals surface area contributed by atoms with E-state index in [-0.39, 0.29) is 11.3 Å². The van der Waals surface area contributed by atoms with Gasteiger partial charge in [-0.3, -0.25) is 9.59 Å². The molecule has 35 heavy (non-hydrogen) atoms. The van der Waals surface area contributed by atoms with Crippen LogP contribution in [0, 0.1) is 0 Å². The minimum atomic E-state index is -0.213. The number of ether oxygens (including phenoxy) is 1. The number of hydrogen-bond acceptors (Lipinski definition) is 7. The molecule has 0 amide bonds. The van der Waals surface area contributed by atoms with Crippen LogP contribution in [0.4, 0.5) is 0 Å². The molecule has 0 N–H and O–H groups in total. The van der Waals surface area contributed by atoms with Crippen LogP contribution in [0.25, 0.3) is 0 Å². The number of benzene rings is 1. The number of methoxy groups -OCH3 is 1. The van der Waals surface area contributed by atoms with Gasteiger partial charge in [0.25, 0.3) is 5.56 Å². The van der Waals surface area contributed by atoms with E-state index in [4.69, 9.17) is 16.3 Å². The number of aromatic nitrogens is 4. The standard InChI is InChI=1S/C26H31ClN4O3S/c1-34-13-12-31-18-22(15-20-16-28-19-29-17-20)25(33)30-26(31)35-14-6-4-2-3-5-7-24(32)21-8-10-23(27)11-9-21/h8-11,16-19H,2-7,12-15H2,1H3. The molecule has 0 radical (unpaired) electrons. The Hall–Kier alpha value is -2.55. The van der Waals surface area contributed by atoms with Gasteiger partial charge in [0.15, 0.2) is 10.9 Å². The van der Waals surface area contributed by atoms with Crippen molar-refractivity contribution in [1.29, 1.82) is 0 Å². The molecular weight excluding hydrogens is 484 g/mol. The van der Waals surface area contributed by atoms with E-state index >= 15 is 0 Å². The molecule has 0 aliphatic carbocycles. The first-order valence-corrected chi connectivity index (χ1v) is 13.2. The predicted octanol–water partition coefficient (Wildman–Crippen LogP) is 5.24. The molecule has 2 aromatic heterocycles. The van der Waals surface area contributed by atoms with Crippen LogP contribution in [0.5, 0.6) is 0 Å². The Morgan fingerprint density at radius 1 is 1.06 bits per heavy atom. The number of halogens is 1. The second-order valence-corrected chi connectivity index (χ2v) is 9.76. The fraction of sp³-hybridized carbons (Fsp3) is 0.423. The quantitative estimate of drug-likeness (QED) is 0.119. The van der Waals surface area contributed by atoms with Gasteiger partial charge in [0, 0.05) is 67.0 Å². The number of hydrogen-bond donors (Lipinski definition) is 0. The molecule has 186 valence electrons. The molecule has 0 spiro atoms. The van der Waals surface area contributed by atoms with Gasteiger partial charge in [0.1, 0.15) is 6.33 Å². The summed E-state index contributed by atoms with van der Waals surface area (Å²) in [6, 6.07) is 7.07.